The summed E-state index contributed by atoms with van der Waals surface area (Å²) in [4.78, 5) is 13.3. The Morgan fingerprint density at radius 1 is 0.971 bits per heavy atom. The van der Waals surface area contributed by atoms with Crippen LogP contribution >= 0.6 is 0 Å². The number of hydrogen-bond donors (Lipinski definition) is 0. The molecule has 4 rings (SSSR count). The standard InChI is InChI=1S/C25H23N3O5S/c1-3-32-25(29)18(2)13-14-19-15-16-24(33-34(30,31)20-9-5-4-6-10-20)23(17-19)28-26-21-11-7-8-12-22(21)27-28/h4-12,15-17H,2-3,13-14H2,1H3. The summed E-state index contributed by atoms with van der Waals surface area (Å²) < 4.78 is 36.2. The third-order valence-electron chi connectivity index (χ3n) is 5.04. The Hall–Kier alpha value is -3.98. The van der Waals surface area contributed by atoms with E-state index in [1.807, 2.05) is 24.3 Å². The van der Waals surface area contributed by atoms with Crippen LogP contribution in [0, 0.1) is 0 Å². The van der Waals surface area contributed by atoms with Crippen LogP contribution in [0.5, 0.6) is 5.75 Å². The molecule has 1 aromatic heterocycles. The van der Waals surface area contributed by atoms with Crippen molar-refractivity contribution in [2.75, 3.05) is 6.61 Å². The second-order valence-electron chi connectivity index (χ2n) is 7.45. The molecule has 8 nitrogen and oxygen atoms in total. The van der Waals surface area contributed by atoms with E-state index in [0.717, 1.165) is 5.56 Å². The molecule has 0 aliphatic heterocycles. The number of benzene rings is 3. The van der Waals surface area contributed by atoms with Gasteiger partial charge in [-0.3, -0.25) is 0 Å². The van der Waals surface area contributed by atoms with Gasteiger partial charge in [0.05, 0.1) is 6.61 Å². The molecular weight excluding hydrogens is 454 g/mol. The third kappa shape index (κ3) is 5.15. The van der Waals surface area contributed by atoms with Crippen LogP contribution in [-0.2, 0) is 26.1 Å². The molecule has 9 heteroatoms. The van der Waals surface area contributed by atoms with E-state index in [1.54, 1.807) is 43.3 Å². The van der Waals surface area contributed by atoms with Crippen LogP contribution in [-0.4, -0.2) is 36.0 Å². The molecular formula is C25H23N3O5S. The maximum atomic E-state index is 12.9. The fourth-order valence-corrected chi connectivity index (χ4v) is 4.26. The van der Waals surface area contributed by atoms with Gasteiger partial charge in [0.2, 0.25) is 0 Å². The average Bonchev–Trinajstić information content (AvgIpc) is 3.28. The van der Waals surface area contributed by atoms with Crippen LogP contribution in [0.4, 0.5) is 0 Å². The quantitative estimate of drug-likeness (QED) is 0.202. The second kappa shape index (κ2) is 9.88. The van der Waals surface area contributed by atoms with Crippen molar-refractivity contribution in [3.05, 3.63) is 90.5 Å². The molecule has 0 radical (unpaired) electrons. The molecule has 0 unspecified atom stereocenters. The Bertz CT molecular complexity index is 1410. The van der Waals surface area contributed by atoms with Crippen molar-refractivity contribution >= 4 is 27.1 Å². The molecule has 0 atom stereocenters. The minimum atomic E-state index is -4.07. The predicted octanol–water partition coefficient (Wildman–Crippen LogP) is 4.24. The van der Waals surface area contributed by atoms with Crippen molar-refractivity contribution < 1.29 is 22.1 Å². The van der Waals surface area contributed by atoms with Gasteiger partial charge >= 0.3 is 16.1 Å². The number of carbonyl (C=O) groups excluding carboxylic acids is 1. The lowest BCUT2D eigenvalue weighted by molar-refractivity contribution is -0.138. The van der Waals surface area contributed by atoms with E-state index in [2.05, 4.69) is 16.8 Å². The lowest BCUT2D eigenvalue weighted by Crippen LogP contribution is -2.12. The monoisotopic (exact) mass is 477 g/mol. The molecule has 4 aromatic rings. The molecule has 0 amide bonds. The van der Waals surface area contributed by atoms with Gasteiger partial charge in [-0.1, -0.05) is 43.0 Å². The molecule has 34 heavy (non-hydrogen) atoms. The van der Waals surface area contributed by atoms with Crippen molar-refractivity contribution in [3.8, 4) is 11.4 Å². The summed E-state index contributed by atoms with van der Waals surface area (Å²) in [5.41, 5.74) is 2.85. The van der Waals surface area contributed by atoms with Gasteiger partial charge in [-0.15, -0.1) is 15.0 Å². The fourth-order valence-electron chi connectivity index (χ4n) is 3.30. The summed E-state index contributed by atoms with van der Waals surface area (Å²) in [5, 5.41) is 8.95. The molecule has 1 heterocycles. The van der Waals surface area contributed by atoms with Crippen molar-refractivity contribution in [1.82, 2.24) is 15.0 Å². The van der Waals surface area contributed by atoms with E-state index in [1.165, 1.54) is 16.9 Å². The third-order valence-corrected chi connectivity index (χ3v) is 6.28. The van der Waals surface area contributed by atoms with Gasteiger partial charge in [0, 0.05) is 5.57 Å². The topological polar surface area (TPSA) is 100 Å². The van der Waals surface area contributed by atoms with Crippen molar-refractivity contribution in [3.63, 3.8) is 0 Å². The molecule has 3 aromatic carbocycles. The molecule has 174 valence electrons. The summed E-state index contributed by atoms with van der Waals surface area (Å²) in [6, 6.07) is 20.3. The molecule has 0 spiro atoms. The Balaban J connectivity index is 1.69. The van der Waals surface area contributed by atoms with E-state index in [-0.39, 0.29) is 17.3 Å². The second-order valence-corrected chi connectivity index (χ2v) is 9.00. The molecule has 0 N–H and O–H groups in total. The lowest BCUT2D eigenvalue weighted by atomic mass is 10.0. The van der Waals surface area contributed by atoms with Crippen LogP contribution < -0.4 is 4.18 Å². The maximum Gasteiger partial charge on any atom is 0.339 e. The zero-order chi connectivity index (χ0) is 24.1. The fraction of sp³-hybridized carbons (Fsp3) is 0.160. The van der Waals surface area contributed by atoms with E-state index < -0.39 is 16.1 Å². The molecule has 0 saturated carbocycles. The number of rotatable bonds is 9. The number of aryl methyl sites for hydroxylation is 1. The lowest BCUT2D eigenvalue weighted by Gasteiger charge is -2.13. The number of fused-ring (bicyclic) bond motifs is 1. The van der Waals surface area contributed by atoms with Gasteiger partial charge in [-0.05, 0) is 61.7 Å². The molecule has 0 fully saturated rings. The van der Waals surface area contributed by atoms with Crippen LogP contribution in [0.3, 0.4) is 0 Å². The number of ether oxygens (including phenoxy) is 1. The van der Waals surface area contributed by atoms with Gasteiger partial charge in [-0.2, -0.15) is 8.42 Å². The van der Waals surface area contributed by atoms with Gasteiger partial charge < -0.3 is 8.92 Å². The Labute approximate surface area is 197 Å². The predicted molar refractivity (Wildman–Crippen MR) is 127 cm³/mol. The highest BCUT2D eigenvalue weighted by Crippen LogP contribution is 2.28. The van der Waals surface area contributed by atoms with Gasteiger partial charge in [0.1, 0.15) is 21.6 Å². The maximum absolute atomic E-state index is 12.9. The summed E-state index contributed by atoms with van der Waals surface area (Å²) in [7, 11) is -4.07. The Morgan fingerprint density at radius 3 is 2.26 bits per heavy atom. The van der Waals surface area contributed by atoms with Crippen molar-refractivity contribution in [2.24, 2.45) is 0 Å². The van der Waals surface area contributed by atoms with E-state index in [9.17, 15) is 13.2 Å². The summed E-state index contributed by atoms with van der Waals surface area (Å²) >= 11 is 0. The van der Waals surface area contributed by atoms with Crippen LogP contribution in [0.1, 0.15) is 18.9 Å². The normalized spacial score (nSPS) is 11.3. The Kier molecular flexibility index (Phi) is 6.74. The number of carbonyl (C=O) groups is 1. The Morgan fingerprint density at radius 2 is 1.62 bits per heavy atom. The van der Waals surface area contributed by atoms with E-state index in [4.69, 9.17) is 8.92 Å². The number of hydrogen-bond acceptors (Lipinski definition) is 7. The first-order chi connectivity index (χ1) is 16.4. The first kappa shape index (κ1) is 23.2. The molecule has 0 aliphatic rings. The first-order valence-corrected chi connectivity index (χ1v) is 12.1. The number of esters is 1. The van der Waals surface area contributed by atoms with E-state index in [0.29, 0.717) is 35.1 Å². The average molecular weight is 478 g/mol. The minimum absolute atomic E-state index is 0.0364. The van der Waals surface area contributed by atoms with Crippen LogP contribution in [0.15, 0.2) is 89.8 Å². The molecule has 0 saturated heterocycles. The SMILES string of the molecule is C=C(CCc1ccc(OS(=O)(=O)c2ccccc2)c(-n2nc3ccccc3n2)c1)C(=O)OCC. The zero-order valence-electron chi connectivity index (χ0n) is 18.5. The first-order valence-electron chi connectivity index (χ1n) is 10.7. The van der Waals surface area contributed by atoms with Crippen molar-refractivity contribution in [2.45, 2.75) is 24.7 Å². The molecule has 0 aliphatic carbocycles. The highest BCUT2D eigenvalue weighted by Gasteiger charge is 2.21. The summed E-state index contributed by atoms with van der Waals surface area (Å²) in [6.45, 7) is 5.81. The van der Waals surface area contributed by atoms with Gasteiger partial charge in [-0.25, -0.2) is 4.79 Å². The van der Waals surface area contributed by atoms with Crippen LogP contribution in [0.2, 0.25) is 0 Å². The largest absolute Gasteiger partial charge is 0.463 e. The number of aromatic nitrogens is 3. The van der Waals surface area contributed by atoms with E-state index >= 15 is 0 Å². The highest BCUT2D eigenvalue weighted by atomic mass is 32.2. The van der Waals surface area contributed by atoms with Gasteiger partial charge in [0.25, 0.3) is 0 Å². The van der Waals surface area contributed by atoms with Crippen molar-refractivity contribution in [1.29, 1.82) is 0 Å². The summed E-state index contributed by atoms with van der Waals surface area (Å²) in [6.07, 6.45) is 0.868. The minimum Gasteiger partial charge on any atom is -0.463 e. The summed E-state index contributed by atoms with van der Waals surface area (Å²) in [5.74, 6) is -0.353. The number of nitrogens with zero attached hydrogens (tertiary/aromatic N) is 3. The molecule has 0 bridgehead atoms. The smallest absolute Gasteiger partial charge is 0.339 e. The highest BCUT2D eigenvalue weighted by molar-refractivity contribution is 7.87. The van der Waals surface area contributed by atoms with Gasteiger partial charge in [0.15, 0.2) is 5.75 Å². The van der Waals surface area contributed by atoms with Crippen LogP contribution in [0.25, 0.3) is 16.7 Å². The zero-order valence-corrected chi connectivity index (χ0v) is 19.4.